The van der Waals surface area contributed by atoms with Crippen LogP contribution in [0, 0.1) is 0 Å². The van der Waals surface area contributed by atoms with Crippen LogP contribution in [0.25, 0.3) is 0 Å². The van der Waals surface area contributed by atoms with E-state index in [1.807, 2.05) is 0 Å². The smallest absolute Gasteiger partial charge is 0.0896 e. The summed E-state index contributed by atoms with van der Waals surface area (Å²) >= 11 is 0. The van der Waals surface area contributed by atoms with Crippen LogP contribution in [0.5, 0.6) is 0 Å². The molecule has 18 heavy (non-hydrogen) atoms. The normalized spacial score (nSPS) is 27.3. The van der Waals surface area contributed by atoms with Crippen molar-refractivity contribution in [1.29, 1.82) is 0 Å². The predicted molar refractivity (Wildman–Crippen MR) is 74.1 cm³/mol. The van der Waals surface area contributed by atoms with Crippen LogP contribution in [-0.2, 0) is 10.3 Å². The maximum absolute atomic E-state index is 6.17. The molecule has 98 valence electrons. The van der Waals surface area contributed by atoms with Crippen molar-refractivity contribution in [3.05, 3.63) is 29.8 Å². The van der Waals surface area contributed by atoms with Crippen molar-refractivity contribution in [2.45, 2.75) is 25.5 Å². The van der Waals surface area contributed by atoms with E-state index in [1.165, 1.54) is 11.3 Å². The molecule has 1 atom stereocenters. The SMILES string of the molecule is CN1CCN2c3ccccc3C(C)(C)OCC2C1. The molecule has 0 amide bonds. The summed E-state index contributed by atoms with van der Waals surface area (Å²) < 4.78 is 6.17. The van der Waals surface area contributed by atoms with Gasteiger partial charge in [0.15, 0.2) is 0 Å². The maximum Gasteiger partial charge on any atom is 0.0896 e. The van der Waals surface area contributed by atoms with Gasteiger partial charge in [-0.25, -0.2) is 0 Å². The van der Waals surface area contributed by atoms with Crippen molar-refractivity contribution in [2.75, 3.05) is 38.2 Å². The second kappa shape index (κ2) is 4.25. The van der Waals surface area contributed by atoms with E-state index in [2.05, 4.69) is 55.0 Å². The zero-order valence-corrected chi connectivity index (χ0v) is 11.5. The molecule has 3 heteroatoms. The third kappa shape index (κ3) is 1.91. The molecule has 1 unspecified atom stereocenters. The number of piperazine rings is 1. The van der Waals surface area contributed by atoms with Crippen LogP contribution >= 0.6 is 0 Å². The molecule has 0 N–H and O–H groups in total. The van der Waals surface area contributed by atoms with Crippen LogP contribution in [0.4, 0.5) is 5.69 Å². The maximum atomic E-state index is 6.17. The molecule has 1 fully saturated rings. The number of para-hydroxylation sites is 1. The number of ether oxygens (including phenoxy) is 1. The lowest BCUT2D eigenvalue weighted by atomic mass is 9.95. The Kier molecular flexibility index (Phi) is 2.83. The third-order valence-electron chi connectivity index (χ3n) is 4.18. The number of benzene rings is 1. The molecular formula is C15H22N2O. The lowest BCUT2D eigenvalue weighted by Crippen LogP contribution is -2.53. The van der Waals surface area contributed by atoms with Crippen molar-refractivity contribution in [2.24, 2.45) is 0 Å². The van der Waals surface area contributed by atoms with Gasteiger partial charge < -0.3 is 14.5 Å². The van der Waals surface area contributed by atoms with Gasteiger partial charge in [0, 0.05) is 30.9 Å². The first-order chi connectivity index (χ1) is 8.58. The number of nitrogens with zero attached hydrogens (tertiary/aromatic N) is 2. The zero-order chi connectivity index (χ0) is 12.8. The van der Waals surface area contributed by atoms with Crippen LogP contribution in [0.3, 0.4) is 0 Å². The summed E-state index contributed by atoms with van der Waals surface area (Å²) in [5.41, 5.74) is 2.49. The molecule has 0 spiro atoms. The second-order valence-electron chi connectivity index (χ2n) is 5.95. The predicted octanol–water partition coefficient (Wildman–Crippen LogP) is 2.07. The Hall–Kier alpha value is -1.06. The summed E-state index contributed by atoms with van der Waals surface area (Å²) in [6.07, 6.45) is 0. The molecule has 0 aliphatic carbocycles. The Labute approximate surface area is 109 Å². The lowest BCUT2D eigenvalue weighted by Gasteiger charge is -2.40. The molecule has 3 nitrogen and oxygen atoms in total. The molecular weight excluding hydrogens is 224 g/mol. The van der Waals surface area contributed by atoms with Gasteiger partial charge in [0.2, 0.25) is 0 Å². The standard InChI is InChI=1S/C15H22N2O/c1-15(2)13-6-4-5-7-14(13)17-9-8-16(3)10-12(17)11-18-15/h4-7,12H,8-11H2,1-3H3. The molecule has 2 aliphatic rings. The van der Waals surface area contributed by atoms with Gasteiger partial charge in [0.25, 0.3) is 0 Å². The number of hydrogen-bond acceptors (Lipinski definition) is 3. The van der Waals surface area contributed by atoms with E-state index in [0.717, 1.165) is 26.2 Å². The van der Waals surface area contributed by atoms with Crippen LogP contribution in [0.15, 0.2) is 24.3 Å². The van der Waals surface area contributed by atoms with Crippen molar-refractivity contribution in [1.82, 2.24) is 4.90 Å². The second-order valence-corrected chi connectivity index (χ2v) is 5.95. The van der Waals surface area contributed by atoms with Crippen molar-refractivity contribution in [3.8, 4) is 0 Å². The summed E-state index contributed by atoms with van der Waals surface area (Å²) in [7, 11) is 2.19. The molecule has 3 rings (SSSR count). The fourth-order valence-electron chi connectivity index (χ4n) is 3.09. The minimum atomic E-state index is -0.188. The average molecular weight is 246 g/mol. The molecule has 1 aromatic carbocycles. The van der Waals surface area contributed by atoms with E-state index in [-0.39, 0.29) is 5.60 Å². The number of fused-ring (bicyclic) bond motifs is 3. The molecule has 2 heterocycles. The van der Waals surface area contributed by atoms with Crippen LogP contribution < -0.4 is 4.90 Å². The fourth-order valence-corrected chi connectivity index (χ4v) is 3.09. The summed E-state index contributed by atoms with van der Waals surface area (Å²) in [5.74, 6) is 0. The highest BCUT2D eigenvalue weighted by Gasteiger charge is 2.36. The molecule has 1 aromatic rings. The van der Waals surface area contributed by atoms with Gasteiger partial charge in [-0.05, 0) is 27.0 Å². The van der Waals surface area contributed by atoms with Crippen LogP contribution in [-0.4, -0.2) is 44.2 Å². The van der Waals surface area contributed by atoms with Gasteiger partial charge in [0.05, 0.1) is 18.2 Å². The number of rotatable bonds is 0. The summed E-state index contributed by atoms with van der Waals surface area (Å²) in [6.45, 7) is 8.47. The minimum absolute atomic E-state index is 0.188. The Morgan fingerprint density at radius 1 is 1.22 bits per heavy atom. The first-order valence-corrected chi connectivity index (χ1v) is 6.76. The zero-order valence-electron chi connectivity index (χ0n) is 11.5. The monoisotopic (exact) mass is 246 g/mol. The molecule has 2 aliphatic heterocycles. The first-order valence-electron chi connectivity index (χ1n) is 6.76. The average Bonchev–Trinajstić information content (AvgIpc) is 2.46. The molecule has 0 saturated carbocycles. The van der Waals surface area contributed by atoms with Gasteiger partial charge in [-0.1, -0.05) is 18.2 Å². The first kappa shape index (κ1) is 12.0. The Bertz CT molecular complexity index is 444. The Morgan fingerprint density at radius 2 is 2.00 bits per heavy atom. The summed E-state index contributed by atoms with van der Waals surface area (Å²) in [5, 5.41) is 0. The van der Waals surface area contributed by atoms with E-state index in [9.17, 15) is 0 Å². The highest BCUT2D eigenvalue weighted by Crippen LogP contribution is 2.37. The largest absolute Gasteiger partial charge is 0.369 e. The van der Waals surface area contributed by atoms with Gasteiger partial charge in [-0.3, -0.25) is 0 Å². The quantitative estimate of drug-likeness (QED) is 0.697. The molecule has 1 saturated heterocycles. The number of hydrogen-bond donors (Lipinski definition) is 0. The Morgan fingerprint density at radius 3 is 2.83 bits per heavy atom. The van der Waals surface area contributed by atoms with E-state index in [4.69, 9.17) is 4.74 Å². The third-order valence-corrected chi connectivity index (χ3v) is 4.18. The van der Waals surface area contributed by atoms with E-state index in [0.29, 0.717) is 6.04 Å². The van der Waals surface area contributed by atoms with E-state index >= 15 is 0 Å². The minimum Gasteiger partial charge on any atom is -0.369 e. The van der Waals surface area contributed by atoms with Crippen molar-refractivity contribution in [3.63, 3.8) is 0 Å². The van der Waals surface area contributed by atoms with Crippen LogP contribution in [0.1, 0.15) is 19.4 Å². The van der Waals surface area contributed by atoms with E-state index in [1.54, 1.807) is 0 Å². The van der Waals surface area contributed by atoms with Crippen LogP contribution in [0.2, 0.25) is 0 Å². The van der Waals surface area contributed by atoms with Gasteiger partial charge >= 0.3 is 0 Å². The van der Waals surface area contributed by atoms with Crippen molar-refractivity contribution < 1.29 is 4.74 Å². The van der Waals surface area contributed by atoms with Gasteiger partial charge in [0.1, 0.15) is 0 Å². The molecule has 0 radical (unpaired) electrons. The Balaban J connectivity index is 2.04. The summed E-state index contributed by atoms with van der Waals surface area (Å²) in [6, 6.07) is 9.17. The number of likely N-dealkylation sites (N-methyl/N-ethyl adjacent to an activating group) is 1. The highest BCUT2D eigenvalue weighted by molar-refractivity contribution is 5.57. The van der Waals surface area contributed by atoms with Gasteiger partial charge in [-0.15, -0.1) is 0 Å². The van der Waals surface area contributed by atoms with Gasteiger partial charge in [-0.2, -0.15) is 0 Å². The summed E-state index contributed by atoms with van der Waals surface area (Å²) in [4.78, 5) is 4.93. The highest BCUT2D eigenvalue weighted by atomic mass is 16.5. The lowest BCUT2D eigenvalue weighted by molar-refractivity contribution is -0.0277. The molecule has 0 bridgehead atoms. The fraction of sp³-hybridized carbons (Fsp3) is 0.600. The molecule has 0 aromatic heterocycles. The number of anilines is 1. The van der Waals surface area contributed by atoms with E-state index < -0.39 is 0 Å². The van der Waals surface area contributed by atoms with Crippen molar-refractivity contribution >= 4 is 5.69 Å². The topological polar surface area (TPSA) is 15.7 Å².